The van der Waals surface area contributed by atoms with Crippen LogP contribution in [-0.2, 0) is 49.9 Å². The van der Waals surface area contributed by atoms with E-state index in [1.807, 2.05) is 44.2 Å². The molecule has 0 unspecified atom stereocenters. The molecule has 22 heteroatoms. The molecule has 2 heterocycles. The van der Waals surface area contributed by atoms with Gasteiger partial charge in [0.2, 0.25) is 45.4 Å². The average molecular weight is 916 g/mol. The van der Waals surface area contributed by atoms with Gasteiger partial charge < -0.3 is 56.2 Å². The van der Waals surface area contributed by atoms with Crippen LogP contribution < -0.4 is 31.4 Å². The Morgan fingerprint density at radius 2 is 1.45 bits per heavy atom. The third-order valence-electron chi connectivity index (χ3n) is 9.53. The maximum Gasteiger partial charge on any atom is 0.407 e. The van der Waals surface area contributed by atoms with E-state index >= 15 is 0 Å². The molecule has 1 saturated heterocycles. The Bertz CT molecular complexity index is 2110. The molecular formula is C42H57N7O14S. The molecule has 4 rings (SSSR count). The number of nitrogens with zero attached hydrogens (tertiary/aromatic N) is 2. The lowest BCUT2D eigenvalue weighted by Gasteiger charge is -2.30. The van der Waals surface area contributed by atoms with E-state index in [0.717, 1.165) is 17.7 Å². The lowest BCUT2D eigenvalue weighted by molar-refractivity contribution is -0.145. The number of amides is 5. The van der Waals surface area contributed by atoms with Gasteiger partial charge in [-0.05, 0) is 55.0 Å². The molecule has 8 N–H and O–H groups in total. The first-order valence-corrected chi connectivity index (χ1v) is 22.2. The zero-order valence-corrected chi connectivity index (χ0v) is 36.5. The highest BCUT2D eigenvalue weighted by molar-refractivity contribution is 7.89. The molecule has 0 saturated carbocycles. The van der Waals surface area contributed by atoms with Crippen LogP contribution in [-0.4, -0.2) is 133 Å². The molecule has 3 aromatic rings. The number of sulfonamides is 1. The molecule has 2 aromatic carbocycles. The molecule has 64 heavy (non-hydrogen) atoms. The molecule has 1 fully saturated rings. The second-order valence-electron chi connectivity index (χ2n) is 15.4. The predicted molar refractivity (Wildman–Crippen MR) is 229 cm³/mol. The number of alkyl carbamates (subject to hydrolysis) is 1. The van der Waals surface area contributed by atoms with Crippen LogP contribution in [0, 0.1) is 5.92 Å². The number of carbonyl (C=O) groups excluding carboxylic acids is 6. The number of nitrogens with one attached hydrogen (secondary N) is 5. The second kappa shape index (κ2) is 25.2. The summed E-state index contributed by atoms with van der Waals surface area (Å²) >= 11 is 0. The van der Waals surface area contributed by atoms with Crippen molar-refractivity contribution in [3.63, 3.8) is 0 Å². The number of carbonyl (C=O) groups is 6. The van der Waals surface area contributed by atoms with E-state index in [1.54, 1.807) is 0 Å². The maximum atomic E-state index is 14.0. The molecule has 0 spiro atoms. The zero-order valence-electron chi connectivity index (χ0n) is 35.7. The van der Waals surface area contributed by atoms with Crippen molar-refractivity contribution in [3.05, 3.63) is 72.3 Å². The topological polar surface area (TPSA) is 293 Å². The SMILES string of the molecule is CC(C)CN(C[C@@H](O)[C@H](Cc1ccccc1)NC(=O)O[C@H]1CCOC1)S(=O)(=O)c1ccc(NC(=O)CCCC(=O)NCC(=O)NCC(=O)NCCCC(=O)On2c(O)ccc2O)cc1. The van der Waals surface area contributed by atoms with E-state index in [2.05, 4.69) is 26.6 Å². The number of aromatic nitrogens is 1. The van der Waals surface area contributed by atoms with Crippen molar-refractivity contribution in [2.45, 2.75) is 81.9 Å². The number of rotatable bonds is 25. The highest BCUT2D eigenvalue weighted by Gasteiger charge is 2.32. The number of aromatic hydroxyl groups is 2. The summed E-state index contributed by atoms with van der Waals surface area (Å²) in [4.78, 5) is 78.4. The van der Waals surface area contributed by atoms with Gasteiger partial charge in [-0.1, -0.05) is 44.2 Å². The Morgan fingerprint density at radius 1 is 0.812 bits per heavy atom. The third kappa shape index (κ3) is 17.1. The molecule has 3 atom stereocenters. The van der Waals surface area contributed by atoms with Gasteiger partial charge in [0.15, 0.2) is 0 Å². The van der Waals surface area contributed by atoms with Crippen LogP contribution in [0.1, 0.15) is 57.9 Å². The molecule has 1 aromatic heterocycles. The van der Waals surface area contributed by atoms with Crippen LogP contribution in [0.25, 0.3) is 0 Å². The minimum absolute atomic E-state index is 0.0604. The number of aliphatic hydroxyl groups is 1. The fraction of sp³-hybridized carbons (Fsp3) is 0.476. The summed E-state index contributed by atoms with van der Waals surface area (Å²) in [6, 6.07) is 16.0. The van der Waals surface area contributed by atoms with Gasteiger partial charge in [-0.3, -0.25) is 19.2 Å². The van der Waals surface area contributed by atoms with Crippen LogP contribution in [0.3, 0.4) is 0 Å². The third-order valence-corrected chi connectivity index (χ3v) is 11.4. The monoisotopic (exact) mass is 915 g/mol. The number of hydrogen-bond acceptors (Lipinski definition) is 14. The van der Waals surface area contributed by atoms with E-state index in [9.17, 15) is 52.5 Å². The number of benzene rings is 2. The Kier molecular flexibility index (Phi) is 19.8. The van der Waals surface area contributed by atoms with Gasteiger partial charge in [-0.2, -0.15) is 4.31 Å². The van der Waals surface area contributed by atoms with Gasteiger partial charge >= 0.3 is 12.1 Å². The van der Waals surface area contributed by atoms with Crippen molar-refractivity contribution < 1.29 is 66.8 Å². The minimum Gasteiger partial charge on any atom is -0.492 e. The molecule has 0 bridgehead atoms. The highest BCUT2D eigenvalue weighted by Crippen LogP contribution is 2.22. The molecule has 0 radical (unpaired) electrons. The van der Waals surface area contributed by atoms with Crippen molar-refractivity contribution in [1.29, 1.82) is 0 Å². The van der Waals surface area contributed by atoms with E-state index in [4.69, 9.17) is 14.3 Å². The van der Waals surface area contributed by atoms with E-state index in [1.165, 1.54) is 28.6 Å². The summed E-state index contributed by atoms with van der Waals surface area (Å²) < 4.78 is 40.4. The quantitative estimate of drug-likeness (QED) is 0.0549. The summed E-state index contributed by atoms with van der Waals surface area (Å²) in [6.45, 7) is 3.42. The summed E-state index contributed by atoms with van der Waals surface area (Å²) in [7, 11) is -4.17. The van der Waals surface area contributed by atoms with Gasteiger partial charge in [0.1, 0.15) is 6.10 Å². The Labute approximate surface area is 370 Å². The number of hydrogen-bond donors (Lipinski definition) is 8. The second-order valence-corrected chi connectivity index (χ2v) is 17.3. The van der Waals surface area contributed by atoms with Crippen LogP contribution in [0.4, 0.5) is 10.5 Å². The smallest absolute Gasteiger partial charge is 0.407 e. The summed E-state index contributed by atoms with van der Waals surface area (Å²) in [5.74, 6) is -3.95. The predicted octanol–water partition coefficient (Wildman–Crippen LogP) is 0.926. The first-order valence-electron chi connectivity index (χ1n) is 20.8. The van der Waals surface area contributed by atoms with Gasteiger partial charge in [-0.25, -0.2) is 18.0 Å². The van der Waals surface area contributed by atoms with Gasteiger partial charge in [0.05, 0.1) is 43.3 Å². The minimum atomic E-state index is -4.17. The molecule has 1 aliphatic heterocycles. The normalized spacial score (nSPS) is 14.6. The summed E-state index contributed by atoms with van der Waals surface area (Å²) in [5.41, 5.74) is 1.12. The van der Waals surface area contributed by atoms with Crippen LogP contribution >= 0.6 is 0 Å². The van der Waals surface area contributed by atoms with E-state index in [0.29, 0.717) is 23.4 Å². The number of aliphatic hydroxyl groups excluding tert-OH is 1. The molecular weight excluding hydrogens is 859 g/mol. The van der Waals surface area contributed by atoms with E-state index < -0.39 is 82.3 Å². The Hall–Kier alpha value is -6.23. The fourth-order valence-electron chi connectivity index (χ4n) is 6.27. The zero-order chi connectivity index (χ0) is 46.6. The standard InChI is InChI=1S/C42H57N7O14S/c1-28(2)25-48(26-34(50)33(22-29-8-4-3-5-9-29)47-42(58)62-31-19-21-61-27-31)64(59,60)32-15-13-30(14-16-32)46-36(52)11-6-10-35(51)44-24-38(54)45-23-37(53)43-20-7-12-41(57)63-49-39(55)17-18-40(49)56/h3-5,8-9,13-18,28,31,33-34,50,55-56H,6-7,10-12,19-27H2,1-2H3,(H,43,53)(H,44,51)(H,45,54)(H,46,52)(H,47,58)/t31-,33-,34+/m0/s1. The number of anilines is 1. The highest BCUT2D eigenvalue weighted by atomic mass is 32.2. The van der Waals surface area contributed by atoms with Crippen molar-refractivity contribution in [3.8, 4) is 11.8 Å². The average Bonchev–Trinajstić information content (AvgIpc) is 3.88. The fourth-order valence-corrected chi connectivity index (χ4v) is 7.90. The Morgan fingerprint density at radius 3 is 2.09 bits per heavy atom. The van der Waals surface area contributed by atoms with Crippen LogP contribution in [0.2, 0.25) is 0 Å². The maximum absolute atomic E-state index is 14.0. The van der Waals surface area contributed by atoms with Crippen LogP contribution in [0.5, 0.6) is 11.8 Å². The van der Waals surface area contributed by atoms with Crippen molar-refractivity contribution in [2.75, 3.05) is 51.3 Å². The number of ether oxygens (including phenoxy) is 2. The summed E-state index contributed by atoms with van der Waals surface area (Å²) in [6.07, 6.45) is -1.71. The van der Waals surface area contributed by atoms with Crippen molar-refractivity contribution in [1.82, 2.24) is 30.3 Å². The molecule has 21 nitrogen and oxygen atoms in total. The first-order chi connectivity index (χ1) is 30.5. The van der Waals surface area contributed by atoms with Crippen molar-refractivity contribution >= 4 is 51.4 Å². The molecule has 5 amide bonds. The van der Waals surface area contributed by atoms with Crippen LogP contribution in [0.15, 0.2) is 71.6 Å². The van der Waals surface area contributed by atoms with Crippen molar-refractivity contribution in [2.24, 2.45) is 5.92 Å². The molecule has 0 aliphatic carbocycles. The van der Waals surface area contributed by atoms with Gasteiger partial charge in [0, 0.05) is 63.1 Å². The largest absolute Gasteiger partial charge is 0.492 e. The Balaban J connectivity index is 1.17. The van der Waals surface area contributed by atoms with E-state index in [-0.39, 0.29) is 82.1 Å². The van der Waals surface area contributed by atoms with Gasteiger partial charge in [-0.15, -0.1) is 4.73 Å². The summed E-state index contributed by atoms with van der Waals surface area (Å²) in [5, 5.41) is 43.1. The molecule has 350 valence electrons. The lowest BCUT2D eigenvalue weighted by atomic mass is 10.0. The first kappa shape index (κ1) is 50.4. The lowest BCUT2D eigenvalue weighted by Crippen LogP contribution is -2.51. The molecule has 1 aliphatic rings. The van der Waals surface area contributed by atoms with Gasteiger partial charge in [0.25, 0.3) is 0 Å².